The first-order valence-electron chi connectivity index (χ1n) is 8.38. The Morgan fingerprint density at radius 1 is 0.962 bits per heavy atom. The number of aromatic nitrogens is 1. The number of amides is 1. The quantitative estimate of drug-likeness (QED) is 0.697. The average Bonchev–Trinajstić information content (AvgIpc) is 2.69. The van der Waals surface area contributed by atoms with Gasteiger partial charge in [-0.3, -0.25) is 4.79 Å². The highest BCUT2D eigenvalue weighted by Gasteiger charge is 2.12. The molecule has 1 aromatic heterocycles. The van der Waals surface area contributed by atoms with Crippen molar-refractivity contribution in [2.24, 2.45) is 0 Å². The Labute approximate surface area is 153 Å². The van der Waals surface area contributed by atoms with Crippen LogP contribution >= 0.6 is 0 Å². The minimum absolute atomic E-state index is 0.0809. The van der Waals surface area contributed by atoms with E-state index in [0.717, 1.165) is 22.7 Å². The molecular weight excluding hydrogens is 326 g/mol. The predicted octanol–water partition coefficient (Wildman–Crippen LogP) is 4.32. The Hall–Kier alpha value is -3.34. The third kappa shape index (κ3) is 4.39. The highest BCUT2D eigenvalue weighted by molar-refractivity contribution is 5.92. The van der Waals surface area contributed by atoms with Gasteiger partial charge in [-0.25, -0.2) is 4.98 Å². The highest BCUT2D eigenvalue weighted by atomic mass is 16.5. The zero-order chi connectivity index (χ0) is 18.4. The van der Waals surface area contributed by atoms with Crippen molar-refractivity contribution in [3.05, 3.63) is 84.2 Å². The molecule has 26 heavy (non-hydrogen) atoms. The molecule has 0 fully saturated rings. The first-order chi connectivity index (χ1) is 12.7. The van der Waals surface area contributed by atoms with Crippen molar-refractivity contribution in [2.45, 2.75) is 13.0 Å². The molecule has 5 nitrogen and oxygen atoms in total. The number of methoxy groups -OCH3 is 1. The predicted molar refractivity (Wildman–Crippen MR) is 103 cm³/mol. The van der Waals surface area contributed by atoms with E-state index in [9.17, 15) is 4.79 Å². The Morgan fingerprint density at radius 3 is 2.27 bits per heavy atom. The molecule has 0 saturated heterocycles. The lowest BCUT2D eigenvalue weighted by Gasteiger charge is -2.14. The minimum atomic E-state index is -0.197. The van der Waals surface area contributed by atoms with Gasteiger partial charge in [-0.05, 0) is 48.9 Å². The van der Waals surface area contributed by atoms with Gasteiger partial charge < -0.3 is 15.4 Å². The zero-order valence-corrected chi connectivity index (χ0v) is 14.8. The van der Waals surface area contributed by atoms with Crippen molar-refractivity contribution in [2.75, 3.05) is 12.4 Å². The maximum Gasteiger partial charge on any atom is 0.270 e. The van der Waals surface area contributed by atoms with Crippen LogP contribution in [0.4, 0.5) is 11.4 Å². The fraction of sp³-hybridized carbons (Fsp3) is 0.143. The molecule has 0 aliphatic heterocycles. The van der Waals surface area contributed by atoms with Gasteiger partial charge in [0.2, 0.25) is 0 Å². The van der Waals surface area contributed by atoms with E-state index in [1.54, 1.807) is 19.4 Å². The number of nitrogens with one attached hydrogen (secondary N) is 2. The first-order valence-corrected chi connectivity index (χ1v) is 8.38. The van der Waals surface area contributed by atoms with Crippen LogP contribution < -0.4 is 15.4 Å². The lowest BCUT2D eigenvalue weighted by Crippen LogP contribution is -2.27. The van der Waals surface area contributed by atoms with E-state index in [1.807, 2.05) is 67.6 Å². The van der Waals surface area contributed by atoms with Crippen molar-refractivity contribution in [3.8, 4) is 5.75 Å². The molecule has 1 unspecified atom stereocenters. The highest BCUT2D eigenvalue weighted by Crippen LogP contribution is 2.19. The second-order valence-electron chi connectivity index (χ2n) is 5.89. The number of nitrogens with zero attached hydrogens (tertiary/aromatic N) is 1. The topological polar surface area (TPSA) is 63.2 Å². The third-order valence-corrected chi connectivity index (χ3v) is 4.02. The zero-order valence-electron chi connectivity index (χ0n) is 14.8. The Morgan fingerprint density at radius 2 is 1.65 bits per heavy atom. The summed E-state index contributed by atoms with van der Waals surface area (Å²) in [5.41, 5.74) is 3.16. The van der Waals surface area contributed by atoms with E-state index in [-0.39, 0.29) is 11.9 Å². The minimum Gasteiger partial charge on any atom is -0.497 e. The summed E-state index contributed by atoms with van der Waals surface area (Å²) in [6.45, 7) is 1.95. The van der Waals surface area contributed by atoms with Crippen LogP contribution in [0.3, 0.4) is 0 Å². The molecule has 132 valence electrons. The van der Waals surface area contributed by atoms with E-state index < -0.39 is 0 Å². The van der Waals surface area contributed by atoms with Crippen LogP contribution in [0.5, 0.6) is 5.75 Å². The summed E-state index contributed by atoms with van der Waals surface area (Å²) in [5, 5.41) is 6.20. The van der Waals surface area contributed by atoms with Crippen LogP contribution in [0.15, 0.2) is 72.9 Å². The molecule has 0 aliphatic rings. The molecule has 1 atom stereocenters. The summed E-state index contributed by atoms with van der Waals surface area (Å²) in [5.74, 6) is 0.602. The molecule has 3 rings (SSSR count). The molecule has 0 aliphatic carbocycles. The summed E-state index contributed by atoms with van der Waals surface area (Å²) in [4.78, 5) is 16.6. The van der Waals surface area contributed by atoms with Gasteiger partial charge in [-0.1, -0.05) is 30.3 Å². The van der Waals surface area contributed by atoms with Gasteiger partial charge in [0.25, 0.3) is 5.91 Å². The van der Waals surface area contributed by atoms with E-state index in [1.165, 1.54) is 0 Å². The van der Waals surface area contributed by atoms with E-state index in [0.29, 0.717) is 5.69 Å². The van der Waals surface area contributed by atoms with Gasteiger partial charge in [0.1, 0.15) is 11.4 Å². The van der Waals surface area contributed by atoms with Gasteiger partial charge in [-0.2, -0.15) is 0 Å². The molecular formula is C21H21N3O2. The number of benzene rings is 2. The van der Waals surface area contributed by atoms with E-state index >= 15 is 0 Å². The molecule has 2 N–H and O–H groups in total. The normalized spacial score (nSPS) is 11.5. The first kappa shape index (κ1) is 17.5. The maximum atomic E-state index is 12.4. The molecule has 1 heterocycles. The summed E-state index contributed by atoms with van der Waals surface area (Å²) < 4.78 is 5.14. The van der Waals surface area contributed by atoms with Gasteiger partial charge in [-0.15, -0.1) is 0 Å². The van der Waals surface area contributed by atoms with Crippen LogP contribution in [-0.2, 0) is 0 Å². The summed E-state index contributed by atoms with van der Waals surface area (Å²) in [6.07, 6.45) is 1.65. The average molecular weight is 347 g/mol. The number of hydrogen-bond acceptors (Lipinski definition) is 4. The largest absolute Gasteiger partial charge is 0.497 e. The second kappa shape index (κ2) is 8.16. The number of carbonyl (C=O) groups is 1. The van der Waals surface area contributed by atoms with Crippen molar-refractivity contribution < 1.29 is 9.53 Å². The van der Waals surface area contributed by atoms with Crippen LogP contribution in [0, 0.1) is 0 Å². The number of pyridine rings is 1. The smallest absolute Gasteiger partial charge is 0.270 e. The van der Waals surface area contributed by atoms with Crippen molar-refractivity contribution >= 4 is 17.3 Å². The fourth-order valence-corrected chi connectivity index (χ4v) is 2.54. The monoisotopic (exact) mass is 347 g/mol. The Balaban J connectivity index is 1.62. The van der Waals surface area contributed by atoms with Gasteiger partial charge in [0.15, 0.2) is 0 Å². The molecule has 3 aromatic rings. The number of hydrogen-bond donors (Lipinski definition) is 2. The summed E-state index contributed by atoms with van der Waals surface area (Å²) >= 11 is 0. The number of rotatable bonds is 6. The molecule has 5 heteroatoms. The van der Waals surface area contributed by atoms with Crippen molar-refractivity contribution in [1.29, 1.82) is 0 Å². The third-order valence-electron chi connectivity index (χ3n) is 4.02. The molecule has 0 spiro atoms. The lowest BCUT2D eigenvalue weighted by atomic mass is 10.1. The van der Waals surface area contributed by atoms with Gasteiger partial charge >= 0.3 is 0 Å². The molecule has 0 saturated carbocycles. The van der Waals surface area contributed by atoms with Crippen LogP contribution in [0.25, 0.3) is 0 Å². The molecule has 0 bridgehead atoms. The Bertz CT molecular complexity index is 847. The van der Waals surface area contributed by atoms with E-state index in [2.05, 4.69) is 15.6 Å². The standard InChI is InChI=1S/C21H21N3O2/c1-15(16-6-4-3-5-7-16)23-21(25)20-13-10-18(14-22-20)24-17-8-11-19(26-2)12-9-17/h3-15,24H,1-2H3,(H,23,25). The molecule has 1 amide bonds. The van der Waals surface area contributed by atoms with Crippen molar-refractivity contribution in [3.63, 3.8) is 0 Å². The van der Waals surface area contributed by atoms with Gasteiger partial charge in [0.05, 0.1) is 25.0 Å². The van der Waals surface area contributed by atoms with Gasteiger partial charge in [0, 0.05) is 5.69 Å². The SMILES string of the molecule is COc1ccc(Nc2ccc(C(=O)NC(C)c3ccccc3)nc2)cc1. The molecule has 0 radical (unpaired) electrons. The van der Waals surface area contributed by atoms with Crippen LogP contribution in [0.1, 0.15) is 29.0 Å². The second-order valence-corrected chi connectivity index (χ2v) is 5.89. The lowest BCUT2D eigenvalue weighted by molar-refractivity contribution is 0.0935. The maximum absolute atomic E-state index is 12.4. The van der Waals surface area contributed by atoms with E-state index in [4.69, 9.17) is 4.74 Å². The molecule has 2 aromatic carbocycles. The van der Waals surface area contributed by atoms with Crippen LogP contribution in [-0.4, -0.2) is 18.0 Å². The number of carbonyl (C=O) groups excluding carboxylic acids is 1. The van der Waals surface area contributed by atoms with Crippen LogP contribution in [0.2, 0.25) is 0 Å². The Kier molecular flexibility index (Phi) is 5.49. The summed E-state index contributed by atoms with van der Waals surface area (Å²) in [7, 11) is 1.63. The number of ether oxygens (including phenoxy) is 1. The summed E-state index contributed by atoms with van der Waals surface area (Å²) in [6, 6.07) is 20.9. The fourth-order valence-electron chi connectivity index (χ4n) is 2.54. The van der Waals surface area contributed by atoms with Crippen molar-refractivity contribution in [1.82, 2.24) is 10.3 Å². The number of anilines is 2.